The Hall–Kier alpha value is -1.99. The minimum absolute atomic E-state index is 0.0285. The summed E-state index contributed by atoms with van der Waals surface area (Å²) in [5, 5.41) is 8.12. The minimum atomic E-state index is -0.188. The van der Waals surface area contributed by atoms with Crippen molar-refractivity contribution in [3.05, 3.63) is 41.1 Å². The molecule has 0 unspecified atom stereocenters. The van der Waals surface area contributed by atoms with Gasteiger partial charge in [-0.15, -0.1) is 11.8 Å². The minimum Gasteiger partial charge on any atom is -0.494 e. The van der Waals surface area contributed by atoms with Crippen molar-refractivity contribution in [3.63, 3.8) is 0 Å². The van der Waals surface area contributed by atoms with E-state index < -0.39 is 0 Å². The molecule has 1 saturated heterocycles. The van der Waals surface area contributed by atoms with Gasteiger partial charge in [0.1, 0.15) is 11.6 Å². The monoisotopic (exact) mass is 443 g/mol. The van der Waals surface area contributed by atoms with E-state index in [0.717, 1.165) is 55.1 Å². The second-order valence-electron chi connectivity index (χ2n) is 9.06. The zero-order valence-corrected chi connectivity index (χ0v) is 19.8. The molecule has 0 aliphatic carbocycles. The van der Waals surface area contributed by atoms with Gasteiger partial charge in [-0.05, 0) is 57.7 Å². The van der Waals surface area contributed by atoms with Gasteiger partial charge in [0.05, 0.1) is 34.9 Å². The van der Waals surface area contributed by atoms with Crippen LogP contribution in [0.2, 0.25) is 0 Å². The molecule has 0 saturated carbocycles. The van der Waals surface area contributed by atoms with E-state index in [-0.39, 0.29) is 22.8 Å². The van der Waals surface area contributed by atoms with Crippen molar-refractivity contribution in [1.82, 2.24) is 9.78 Å². The summed E-state index contributed by atoms with van der Waals surface area (Å²) in [6, 6.07) is 8.52. The summed E-state index contributed by atoms with van der Waals surface area (Å²) in [4.78, 5) is 12.6. The zero-order chi connectivity index (χ0) is 22.0. The molecule has 6 nitrogen and oxygen atoms in total. The van der Waals surface area contributed by atoms with Crippen molar-refractivity contribution in [2.75, 3.05) is 24.3 Å². The average Bonchev–Trinajstić information content (AvgIpc) is 2.94. The van der Waals surface area contributed by atoms with E-state index in [1.807, 2.05) is 23.7 Å². The van der Waals surface area contributed by atoms with Crippen molar-refractivity contribution in [1.29, 1.82) is 0 Å². The standard InChI is InChI=1S/C24H33N3O3S/c1-5-6-12-29-19-9-7-17(8-10-19)22-21-16(2)26-27(23(21)25-20(28)15-31-22)18-11-13-30-24(3,4)14-18/h7-10,18,22H,5-6,11-15H2,1-4H3,(H,25,28)/t18-,22+/m1/s1. The number of nitrogens with one attached hydrogen (secondary N) is 1. The number of aryl methyl sites for hydroxylation is 1. The number of carbonyl (C=O) groups excluding carboxylic acids is 1. The van der Waals surface area contributed by atoms with Gasteiger partial charge < -0.3 is 14.8 Å². The first-order valence-electron chi connectivity index (χ1n) is 11.2. The first kappa shape index (κ1) is 22.2. The fourth-order valence-corrected chi connectivity index (χ4v) is 5.61. The molecule has 1 aromatic carbocycles. The largest absolute Gasteiger partial charge is 0.494 e. The summed E-state index contributed by atoms with van der Waals surface area (Å²) in [5.74, 6) is 2.19. The third-order valence-corrected chi connectivity index (χ3v) is 7.27. The lowest BCUT2D eigenvalue weighted by Gasteiger charge is -2.36. The Morgan fingerprint density at radius 1 is 1.32 bits per heavy atom. The molecule has 2 aliphatic rings. The molecule has 1 amide bonds. The number of carbonyl (C=O) groups is 1. The molecule has 1 N–H and O–H groups in total. The van der Waals surface area contributed by atoms with Crippen LogP contribution in [-0.4, -0.2) is 40.3 Å². The number of amides is 1. The van der Waals surface area contributed by atoms with Crippen LogP contribution in [0, 0.1) is 6.92 Å². The number of hydrogen-bond acceptors (Lipinski definition) is 5. The number of fused-ring (bicyclic) bond motifs is 1. The summed E-state index contributed by atoms with van der Waals surface area (Å²) in [6.45, 7) is 9.89. The molecule has 2 aliphatic heterocycles. The van der Waals surface area contributed by atoms with Gasteiger partial charge in [0.15, 0.2) is 0 Å². The maximum Gasteiger partial charge on any atom is 0.235 e. The molecule has 0 spiro atoms. The number of anilines is 1. The number of benzene rings is 1. The molecule has 1 aromatic heterocycles. The van der Waals surface area contributed by atoms with Gasteiger partial charge in [-0.3, -0.25) is 4.79 Å². The lowest BCUT2D eigenvalue weighted by atomic mass is 9.94. The van der Waals surface area contributed by atoms with Gasteiger partial charge in [-0.2, -0.15) is 5.10 Å². The van der Waals surface area contributed by atoms with Gasteiger partial charge >= 0.3 is 0 Å². The summed E-state index contributed by atoms with van der Waals surface area (Å²) in [6.07, 6.45) is 3.94. The number of thioether (sulfide) groups is 1. The number of unbranched alkanes of at least 4 members (excludes halogenated alkanes) is 1. The van der Waals surface area contributed by atoms with Crippen molar-refractivity contribution < 1.29 is 14.3 Å². The van der Waals surface area contributed by atoms with Crippen LogP contribution in [0.5, 0.6) is 5.75 Å². The van der Waals surface area contributed by atoms with Crippen molar-refractivity contribution in [2.45, 2.75) is 70.3 Å². The molecular weight excluding hydrogens is 410 g/mol. The van der Waals surface area contributed by atoms with Gasteiger partial charge in [0.25, 0.3) is 0 Å². The van der Waals surface area contributed by atoms with Crippen LogP contribution in [0.1, 0.15) is 74.6 Å². The second-order valence-corrected chi connectivity index (χ2v) is 10.2. The van der Waals surface area contributed by atoms with E-state index in [0.29, 0.717) is 12.4 Å². The van der Waals surface area contributed by atoms with Crippen LogP contribution >= 0.6 is 11.8 Å². The van der Waals surface area contributed by atoms with Gasteiger partial charge in [0.2, 0.25) is 5.91 Å². The summed E-state index contributed by atoms with van der Waals surface area (Å²) >= 11 is 1.66. The fraction of sp³-hybridized carbons (Fsp3) is 0.583. The van der Waals surface area contributed by atoms with Gasteiger partial charge in [0, 0.05) is 12.2 Å². The molecular formula is C24H33N3O3S. The Balaban J connectivity index is 1.65. The number of nitrogens with zero attached hydrogens (tertiary/aromatic N) is 2. The predicted molar refractivity (Wildman–Crippen MR) is 125 cm³/mol. The third-order valence-electron chi connectivity index (χ3n) is 6.00. The SMILES string of the molecule is CCCCOc1ccc([C@@H]2SCC(=O)Nc3c2c(C)nn3[C@@H]2CCOC(C)(C)C2)cc1. The van der Waals surface area contributed by atoms with E-state index >= 15 is 0 Å². The van der Waals surface area contributed by atoms with Crippen molar-refractivity contribution in [3.8, 4) is 5.75 Å². The smallest absolute Gasteiger partial charge is 0.235 e. The predicted octanol–water partition coefficient (Wildman–Crippen LogP) is 5.28. The fourth-order valence-electron chi connectivity index (χ4n) is 4.42. The van der Waals surface area contributed by atoms with Gasteiger partial charge in [-0.25, -0.2) is 4.68 Å². The lowest BCUT2D eigenvalue weighted by molar-refractivity contribution is -0.113. The number of hydrogen-bond donors (Lipinski definition) is 1. The van der Waals surface area contributed by atoms with E-state index in [4.69, 9.17) is 14.6 Å². The highest BCUT2D eigenvalue weighted by atomic mass is 32.2. The molecule has 4 rings (SSSR count). The molecule has 2 aromatic rings. The highest BCUT2D eigenvalue weighted by Gasteiger charge is 2.36. The van der Waals surface area contributed by atoms with Crippen LogP contribution in [-0.2, 0) is 9.53 Å². The topological polar surface area (TPSA) is 65.4 Å². The number of aromatic nitrogens is 2. The van der Waals surface area contributed by atoms with Crippen LogP contribution in [0.3, 0.4) is 0 Å². The molecule has 1 fully saturated rings. The lowest BCUT2D eigenvalue weighted by Crippen LogP contribution is -2.36. The van der Waals surface area contributed by atoms with E-state index in [2.05, 4.69) is 38.2 Å². The summed E-state index contributed by atoms with van der Waals surface area (Å²) in [5.41, 5.74) is 3.06. The van der Waals surface area contributed by atoms with Crippen LogP contribution in [0.25, 0.3) is 0 Å². The highest BCUT2D eigenvalue weighted by Crippen LogP contribution is 2.45. The number of ether oxygens (including phenoxy) is 2. The Kier molecular flexibility index (Phi) is 6.63. The van der Waals surface area contributed by atoms with Crippen LogP contribution in [0.4, 0.5) is 5.82 Å². The maximum absolute atomic E-state index is 12.6. The van der Waals surface area contributed by atoms with E-state index in [1.165, 1.54) is 5.56 Å². The van der Waals surface area contributed by atoms with Crippen molar-refractivity contribution in [2.24, 2.45) is 0 Å². The normalized spacial score (nSPS) is 23.0. The Morgan fingerprint density at radius 3 is 2.81 bits per heavy atom. The Labute approximate surface area is 189 Å². The molecule has 7 heteroatoms. The molecule has 0 bridgehead atoms. The molecule has 0 radical (unpaired) electrons. The summed E-state index contributed by atoms with van der Waals surface area (Å²) < 4.78 is 13.8. The first-order chi connectivity index (χ1) is 14.9. The van der Waals surface area contributed by atoms with E-state index in [1.54, 1.807) is 11.8 Å². The molecule has 2 atom stereocenters. The second kappa shape index (κ2) is 9.25. The average molecular weight is 444 g/mol. The Bertz CT molecular complexity index is 923. The quantitative estimate of drug-likeness (QED) is 0.616. The summed E-state index contributed by atoms with van der Waals surface area (Å²) in [7, 11) is 0. The third kappa shape index (κ3) is 4.93. The van der Waals surface area contributed by atoms with E-state index in [9.17, 15) is 4.79 Å². The Morgan fingerprint density at radius 2 is 2.10 bits per heavy atom. The van der Waals surface area contributed by atoms with Crippen LogP contribution < -0.4 is 10.1 Å². The van der Waals surface area contributed by atoms with Gasteiger partial charge in [-0.1, -0.05) is 25.5 Å². The van der Waals surface area contributed by atoms with Crippen LogP contribution in [0.15, 0.2) is 24.3 Å². The maximum atomic E-state index is 12.6. The number of rotatable bonds is 6. The zero-order valence-electron chi connectivity index (χ0n) is 18.9. The molecule has 168 valence electrons. The highest BCUT2D eigenvalue weighted by molar-refractivity contribution is 8.00. The first-order valence-corrected chi connectivity index (χ1v) is 12.3. The molecule has 31 heavy (non-hydrogen) atoms. The van der Waals surface area contributed by atoms with Crippen molar-refractivity contribution >= 4 is 23.5 Å². The molecule has 3 heterocycles.